The molecule has 0 spiro atoms. The van der Waals surface area contributed by atoms with Gasteiger partial charge in [-0.05, 0) is 12.8 Å². The van der Waals surface area contributed by atoms with E-state index >= 15 is 0 Å². The van der Waals surface area contributed by atoms with Crippen molar-refractivity contribution in [2.75, 3.05) is 20.3 Å². The van der Waals surface area contributed by atoms with Crippen molar-refractivity contribution >= 4 is 5.96 Å². The molecule has 0 saturated heterocycles. The SMILES string of the molecule is COOCC(N)CCCN=C(N)N[N+](=O)[O-]. The Kier molecular flexibility index (Phi) is 8.03. The van der Waals surface area contributed by atoms with Crippen LogP contribution in [0.25, 0.3) is 0 Å². The van der Waals surface area contributed by atoms with Gasteiger partial charge in [-0.15, -0.1) is 0 Å². The van der Waals surface area contributed by atoms with Gasteiger partial charge in [-0.3, -0.25) is 0 Å². The number of hydrazine groups is 1. The normalized spacial score (nSPS) is 13.5. The van der Waals surface area contributed by atoms with Crippen molar-refractivity contribution in [3.8, 4) is 0 Å². The second-order valence-electron chi connectivity index (χ2n) is 2.99. The van der Waals surface area contributed by atoms with E-state index in [0.717, 1.165) is 0 Å². The molecule has 9 heteroatoms. The van der Waals surface area contributed by atoms with Gasteiger partial charge >= 0.3 is 0 Å². The third kappa shape index (κ3) is 9.12. The van der Waals surface area contributed by atoms with Crippen LogP contribution in [0.1, 0.15) is 12.8 Å². The quantitative estimate of drug-likeness (QED) is 0.119. The van der Waals surface area contributed by atoms with E-state index in [2.05, 4.69) is 14.8 Å². The monoisotopic (exact) mass is 235 g/mol. The van der Waals surface area contributed by atoms with Gasteiger partial charge in [-0.1, -0.05) is 5.43 Å². The predicted molar refractivity (Wildman–Crippen MR) is 56.8 cm³/mol. The maximum Gasteiger partial charge on any atom is 0.251 e. The minimum atomic E-state index is -0.767. The molecular formula is C7H17N5O4. The van der Waals surface area contributed by atoms with Crippen LogP contribution in [-0.2, 0) is 9.78 Å². The number of hydrogen-bond donors (Lipinski definition) is 3. The molecule has 0 aliphatic carbocycles. The summed E-state index contributed by atoms with van der Waals surface area (Å²) in [4.78, 5) is 22.7. The lowest BCUT2D eigenvalue weighted by atomic mass is 10.2. The van der Waals surface area contributed by atoms with Gasteiger partial charge in [0.25, 0.3) is 5.96 Å². The van der Waals surface area contributed by atoms with Crippen LogP contribution in [0.5, 0.6) is 0 Å². The molecule has 0 aromatic rings. The fraction of sp³-hybridized carbons (Fsp3) is 0.857. The molecule has 94 valence electrons. The van der Waals surface area contributed by atoms with Gasteiger partial charge < -0.3 is 11.5 Å². The molecule has 0 aromatic carbocycles. The molecule has 1 atom stereocenters. The number of nitrogens with one attached hydrogen (secondary N) is 1. The first-order chi connectivity index (χ1) is 7.56. The molecule has 0 bridgehead atoms. The molecule has 1 unspecified atom stereocenters. The van der Waals surface area contributed by atoms with Crippen molar-refractivity contribution in [2.24, 2.45) is 16.5 Å². The molecule has 0 rings (SSSR count). The molecule has 0 aliphatic heterocycles. The summed E-state index contributed by atoms with van der Waals surface area (Å²) in [7, 11) is 1.40. The van der Waals surface area contributed by atoms with Crippen LogP contribution in [0, 0.1) is 10.1 Å². The minimum absolute atomic E-state index is 0.153. The summed E-state index contributed by atoms with van der Waals surface area (Å²) in [6.45, 7) is 0.663. The van der Waals surface area contributed by atoms with E-state index in [1.807, 2.05) is 0 Å². The maximum atomic E-state index is 9.95. The molecule has 0 radical (unpaired) electrons. The van der Waals surface area contributed by atoms with Gasteiger partial charge in [-0.2, -0.15) is 0 Å². The number of guanidine groups is 1. The summed E-state index contributed by atoms with van der Waals surface area (Å²) < 4.78 is 0. The van der Waals surface area contributed by atoms with Crippen molar-refractivity contribution in [3.05, 3.63) is 10.1 Å². The van der Waals surface area contributed by atoms with Gasteiger partial charge in [-0.25, -0.2) is 24.9 Å². The second kappa shape index (κ2) is 8.83. The Morgan fingerprint density at radius 2 is 2.38 bits per heavy atom. The fourth-order valence-electron chi connectivity index (χ4n) is 0.921. The van der Waals surface area contributed by atoms with E-state index in [0.29, 0.717) is 26.0 Å². The van der Waals surface area contributed by atoms with E-state index in [4.69, 9.17) is 11.5 Å². The molecule has 16 heavy (non-hydrogen) atoms. The summed E-state index contributed by atoms with van der Waals surface area (Å²) in [5.41, 5.74) is 12.6. The highest BCUT2D eigenvalue weighted by atomic mass is 17.2. The molecule has 0 aromatic heterocycles. The Bertz CT molecular complexity index is 235. The zero-order valence-electron chi connectivity index (χ0n) is 9.09. The van der Waals surface area contributed by atoms with Gasteiger partial charge in [0.2, 0.25) is 0 Å². The summed E-state index contributed by atoms with van der Waals surface area (Å²) in [5.74, 6) is -0.216. The van der Waals surface area contributed by atoms with Gasteiger partial charge in [0.1, 0.15) is 0 Å². The highest BCUT2D eigenvalue weighted by Crippen LogP contribution is 1.95. The first kappa shape index (κ1) is 14.6. The third-order valence-electron chi connectivity index (χ3n) is 1.62. The van der Waals surface area contributed by atoms with Crippen LogP contribution in [0.4, 0.5) is 0 Å². The topological polar surface area (TPSA) is 138 Å². The lowest BCUT2D eigenvalue weighted by molar-refractivity contribution is -0.525. The van der Waals surface area contributed by atoms with Crippen LogP contribution in [-0.4, -0.2) is 37.3 Å². The Hall–Kier alpha value is -1.45. The lowest BCUT2D eigenvalue weighted by Gasteiger charge is -2.08. The fourth-order valence-corrected chi connectivity index (χ4v) is 0.921. The molecule has 0 aliphatic rings. The van der Waals surface area contributed by atoms with Crippen LogP contribution in [0.2, 0.25) is 0 Å². The van der Waals surface area contributed by atoms with E-state index in [-0.39, 0.29) is 12.0 Å². The standard InChI is InChI=1S/C7H17N5O4/c1-15-16-5-6(8)3-2-4-10-7(9)11-12(13)14/h6H,2-5,8H2,1H3,(H3,9,10,11). The number of nitro groups is 1. The number of nitrogens with zero attached hydrogens (tertiary/aromatic N) is 2. The molecule has 9 nitrogen and oxygen atoms in total. The van der Waals surface area contributed by atoms with E-state index in [1.54, 1.807) is 5.43 Å². The van der Waals surface area contributed by atoms with Crippen molar-refractivity contribution in [1.29, 1.82) is 0 Å². The van der Waals surface area contributed by atoms with Crippen molar-refractivity contribution in [1.82, 2.24) is 5.43 Å². The Morgan fingerprint density at radius 1 is 1.69 bits per heavy atom. The largest absolute Gasteiger partial charge is 0.365 e. The predicted octanol–water partition coefficient (Wildman–Crippen LogP) is -1.23. The summed E-state index contributed by atoms with van der Waals surface area (Å²) in [6, 6.07) is -0.153. The molecule has 5 N–H and O–H groups in total. The number of nitrogens with two attached hydrogens (primary N) is 2. The third-order valence-corrected chi connectivity index (χ3v) is 1.62. The first-order valence-corrected chi connectivity index (χ1v) is 4.68. The molecular weight excluding hydrogens is 218 g/mol. The Labute approximate surface area is 92.8 Å². The van der Waals surface area contributed by atoms with Gasteiger partial charge in [0.15, 0.2) is 5.03 Å². The maximum absolute atomic E-state index is 9.95. The number of rotatable bonds is 8. The van der Waals surface area contributed by atoms with Gasteiger partial charge in [0.05, 0.1) is 13.7 Å². The Morgan fingerprint density at radius 3 is 2.94 bits per heavy atom. The molecule has 0 heterocycles. The number of aliphatic imine (C=N–C) groups is 1. The van der Waals surface area contributed by atoms with Crippen LogP contribution in [0.3, 0.4) is 0 Å². The zero-order chi connectivity index (χ0) is 12.4. The second-order valence-corrected chi connectivity index (χ2v) is 2.99. The van der Waals surface area contributed by atoms with Crippen LogP contribution in [0.15, 0.2) is 4.99 Å². The summed E-state index contributed by atoms with van der Waals surface area (Å²) in [5, 5.41) is 9.19. The lowest BCUT2D eigenvalue weighted by Crippen LogP contribution is -2.36. The molecule has 0 fully saturated rings. The molecule has 0 saturated carbocycles. The van der Waals surface area contributed by atoms with E-state index < -0.39 is 5.03 Å². The average molecular weight is 235 g/mol. The van der Waals surface area contributed by atoms with Crippen LogP contribution >= 0.6 is 0 Å². The Balaban J connectivity index is 3.54. The minimum Gasteiger partial charge on any atom is -0.365 e. The van der Waals surface area contributed by atoms with Crippen molar-refractivity contribution in [3.63, 3.8) is 0 Å². The van der Waals surface area contributed by atoms with Crippen molar-refractivity contribution < 1.29 is 14.8 Å². The number of hydrogen-bond acceptors (Lipinski definition) is 6. The van der Waals surface area contributed by atoms with Gasteiger partial charge in [0, 0.05) is 12.6 Å². The summed E-state index contributed by atoms with van der Waals surface area (Å²) in [6.07, 6.45) is 1.33. The highest BCUT2D eigenvalue weighted by Gasteiger charge is 2.03. The zero-order valence-corrected chi connectivity index (χ0v) is 9.09. The van der Waals surface area contributed by atoms with Crippen molar-refractivity contribution in [2.45, 2.75) is 18.9 Å². The van der Waals surface area contributed by atoms with E-state index in [9.17, 15) is 10.1 Å². The summed E-state index contributed by atoms with van der Waals surface area (Å²) >= 11 is 0. The smallest absolute Gasteiger partial charge is 0.251 e. The molecule has 0 amide bonds. The van der Waals surface area contributed by atoms with E-state index in [1.165, 1.54) is 7.11 Å². The van der Waals surface area contributed by atoms with Crippen LogP contribution < -0.4 is 16.9 Å². The highest BCUT2D eigenvalue weighted by molar-refractivity contribution is 5.76. The average Bonchev–Trinajstić information content (AvgIpc) is 2.20. The first-order valence-electron chi connectivity index (χ1n) is 4.68.